The zero-order chi connectivity index (χ0) is 24.1. The normalized spacial score (nSPS) is 13.7. The van der Waals surface area contributed by atoms with Crippen LogP contribution in [0.25, 0.3) is 11.5 Å². The van der Waals surface area contributed by atoms with Crippen LogP contribution in [0, 0.1) is 0 Å². The van der Waals surface area contributed by atoms with Gasteiger partial charge in [-0.15, -0.1) is 0 Å². The number of benzene rings is 1. The van der Waals surface area contributed by atoms with Crippen LogP contribution in [0.15, 0.2) is 15.9 Å². The summed E-state index contributed by atoms with van der Waals surface area (Å²) in [5.74, 6) is -5.53. The van der Waals surface area contributed by atoms with Crippen molar-refractivity contribution in [1.82, 2.24) is 19.9 Å². The third-order valence-electron chi connectivity index (χ3n) is 4.89. The summed E-state index contributed by atoms with van der Waals surface area (Å²) in [6.45, 7) is 5.52. The van der Waals surface area contributed by atoms with Gasteiger partial charge in [0.15, 0.2) is 33.7 Å². The molecule has 12 nitrogen and oxygen atoms in total. The van der Waals surface area contributed by atoms with Gasteiger partial charge in [0, 0.05) is 5.41 Å². The minimum atomic E-state index is -1.12. The van der Waals surface area contributed by atoms with Gasteiger partial charge in [-0.2, -0.15) is 0 Å². The number of hydrogen-bond acceptors (Lipinski definition) is 9. The highest BCUT2D eigenvalue weighted by Crippen LogP contribution is 2.42. The molecule has 13 heteroatoms. The Kier molecular flexibility index (Phi) is 5.21. The Morgan fingerprint density at radius 1 is 0.875 bits per heavy atom. The maximum Gasteiger partial charge on any atom is 0.276 e. The van der Waals surface area contributed by atoms with Crippen molar-refractivity contribution in [3.05, 3.63) is 54.7 Å². The topological polar surface area (TPSA) is 216 Å². The summed E-state index contributed by atoms with van der Waals surface area (Å²) in [6.07, 6.45) is 1.32. The maximum atomic E-state index is 12.6. The summed E-state index contributed by atoms with van der Waals surface area (Å²) in [5.41, 5.74) is -3.15. The van der Waals surface area contributed by atoms with Crippen LogP contribution in [0.2, 0.25) is 0 Å². The fraction of sp³-hybridized carbons (Fsp3) is 0.211. The number of aliphatic hydroxyl groups excluding tert-OH is 2. The Hall–Kier alpha value is -4.29. The smallest absolute Gasteiger partial charge is 0.276 e. The number of rotatable bonds is 2. The number of aromatic nitrogens is 4. The van der Waals surface area contributed by atoms with Crippen LogP contribution in [0.4, 0.5) is 0 Å². The van der Waals surface area contributed by atoms with Crippen molar-refractivity contribution in [2.24, 2.45) is 0 Å². The summed E-state index contributed by atoms with van der Waals surface area (Å²) < 4.78 is 0. The van der Waals surface area contributed by atoms with Crippen molar-refractivity contribution in [3.8, 4) is 23.0 Å². The molecule has 3 rings (SSSR count). The Labute approximate surface area is 179 Å². The van der Waals surface area contributed by atoms with E-state index in [2.05, 4.69) is 19.9 Å². The second-order valence-electron chi connectivity index (χ2n) is 8.13. The van der Waals surface area contributed by atoms with E-state index >= 15 is 0 Å². The molecule has 0 radical (unpaired) electrons. The zero-order valence-electron chi connectivity index (χ0n) is 17.5. The second kappa shape index (κ2) is 7.44. The van der Waals surface area contributed by atoms with E-state index in [9.17, 15) is 40.2 Å². The molecule has 1 aromatic carbocycles. The van der Waals surface area contributed by atoms with Crippen LogP contribution >= 0.6 is 0 Å². The standard InChI is InChI=1S/C19H21BN4O8/c1-19(2,3)16-7(21-4-22-16)14(29)9-18(32)23-8(17(31)24-9)11(26)5-10(25)6(20)13(28)15(30)12(5)27/h4,25-30H,20H2,1-3H3,(H,21,22)(H,23,32)(H,24,31)/b11-8+,14-9+. The summed E-state index contributed by atoms with van der Waals surface area (Å²) in [7, 11) is 1.18. The lowest BCUT2D eigenvalue weighted by atomic mass is 9.89. The Morgan fingerprint density at radius 2 is 1.41 bits per heavy atom. The Bertz CT molecular complexity index is 1450. The van der Waals surface area contributed by atoms with Gasteiger partial charge in [0.2, 0.25) is 5.75 Å². The number of aromatic hydroxyl groups is 4. The molecule has 0 fully saturated rings. The molecule has 0 bridgehead atoms. The second-order valence-corrected chi connectivity index (χ2v) is 8.13. The van der Waals surface area contributed by atoms with Gasteiger partial charge in [-0.3, -0.25) is 9.59 Å². The van der Waals surface area contributed by atoms with Crippen molar-refractivity contribution in [2.75, 3.05) is 0 Å². The molecule has 3 aromatic rings. The Morgan fingerprint density at radius 3 is 1.94 bits per heavy atom. The molecule has 0 saturated heterocycles. The molecule has 2 aromatic heterocycles. The summed E-state index contributed by atoms with van der Waals surface area (Å²) in [5, 5.41) is 59.5. The first-order chi connectivity index (χ1) is 14.8. The lowest BCUT2D eigenvalue weighted by Gasteiger charge is -2.17. The van der Waals surface area contributed by atoms with Crippen LogP contribution in [0.5, 0.6) is 23.0 Å². The van der Waals surface area contributed by atoms with E-state index in [1.165, 1.54) is 14.2 Å². The van der Waals surface area contributed by atoms with E-state index in [0.717, 1.165) is 0 Å². The first-order valence-electron chi connectivity index (χ1n) is 9.27. The lowest BCUT2D eigenvalue weighted by molar-refractivity contribution is 0.359. The first-order valence-corrected chi connectivity index (χ1v) is 9.27. The third kappa shape index (κ3) is 3.43. The van der Waals surface area contributed by atoms with Crippen molar-refractivity contribution in [3.63, 3.8) is 0 Å². The van der Waals surface area contributed by atoms with E-state index in [0.29, 0.717) is 5.69 Å². The van der Waals surface area contributed by atoms with Crippen LogP contribution in [-0.2, 0) is 5.41 Å². The van der Waals surface area contributed by atoms with Crippen LogP contribution in [0.1, 0.15) is 37.7 Å². The predicted octanol–water partition coefficient (Wildman–Crippen LogP) is -2.41. The highest BCUT2D eigenvalue weighted by Gasteiger charge is 2.25. The van der Waals surface area contributed by atoms with Crippen molar-refractivity contribution < 1.29 is 30.6 Å². The molecule has 0 atom stereocenters. The van der Waals surface area contributed by atoms with E-state index in [1.807, 2.05) is 20.8 Å². The molecule has 0 aliphatic rings. The maximum absolute atomic E-state index is 12.6. The van der Waals surface area contributed by atoms with E-state index in [1.54, 1.807) is 0 Å². The van der Waals surface area contributed by atoms with Crippen molar-refractivity contribution in [1.29, 1.82) is 0 Å². The number of phenols is 4. The molecule has 0 aliphatic heterocycles. The number of aliphatic hydroxyl groups is 2. The van der Waals surface area contributed by atoms with Crippen molar-refractivity contribution >= 4 is 24.8 Å². The minimum absolute atomic E-state index is 0.0361. The van der Waals surface area contributed by atoms with Crippen molar-refractivity contribution in [2.45, 2.75) is 26.2 Å². The molecule has 0 unspecified atom stereocenters. The molecular formula is C19H21BN4O8. The lowest BCUT2D eigenvalue weighted by Crippen LogP contribution is -2.49. The first kappa shape index (κ1) is 22.4. The molecule has 32 heavy (non-hydrogen) atoms. The highest BCUT2D eigenvalue weighted by atomic mass is 16.3. The van der Waals surface area contributed by atoms with Gasteiger partial charge in [0.05, 0.1) is 12.0 Å². The SMILES string of the molecule is Bc1c(O)c(O)c(O)c(/C(O)=c2\[nH]c(=O)/c(=C(\O)c3nc[nH]c3C(C)(C)C)[nH]c2=O)c1O. The summed E-state index contributed by atoms with van der Waals surface area (Å²) >= 11 is 0. The fourth-order valence-corrected chi connectivity index (χ4v) is 3.13. The van der Waals surface area contributed by atoms with Crippen LogP contribution < -0.4 is 27.3 Å². The number of aromatic amines is 3. The summed E-state index contributed by atoms with van der Waals surface area (Å²) in [4.78, 5) is 36.3. The largest absolute Gasteiger partial charge is 0.507 e. The molecule has 9 N–H and O–H groups in total. The van der Waals surface area contributed by atoms with Gasteiger partial charge in [0.25, 0.3) is 11.1 Å². The van der Waals surface area contributed by atoms with Crippen LogP contribution in [-0.4, -0.2) is 58.4 Å². The Balaban J connectivity index is 2.37. The summed E-state index contributed by atoms with van der Waals surface area (Å²) in [6, 6.07) is 0. The van der Waals surface area contributed by atoms with E-state index in [-0.39, 0.29) is 11.2 Å². The van der Waals surface area contributed by atoms with E-state index in [4.69, 9.17) is 0 Å². The van der Waals surface area contributed by atoms with Gasteiger partial charge >= 0.3 is 0 Å². The van der Waals surface area contributed by atoms with Gasteiger partial charge in [-0.05, 0) is 5.46 Å². The molecule has 0 saturated carbocycles. The number of H-pyrrole nitrogens is 3. The number of imidazole rings is 1. The average molecular weight is 444 g/mol. The van der Waals surface area contributed by atoms with E-state index < -0.39 is 67.3 Å². The highest BCUT2D eigenvalue weighted by molar-refractivity contribution is 6.37. The molecule has 0 aliphatic carbocycles. The number of nitrogens with zero attached hydrogens (tertiary/aromatic N) is 1. The minimum Gasteiger partial charge on any atom is -0.507 e. The monoisotopic (exact) mass is 444 g/mol. The number of nitrogens with one attached hydrogen (secondary N) is 3. The third-order valence-corrected chi connectivity index (χ3v) is 4.89. The van der Waals surface area contributed by atoms with Gasteiger partial charge in [-0.25, -0.2) is 4.98 Å². The zero-order valence-corrected chi connectivity index (χ0v) is 17.5. The van der Waals surface area contributed by atoms with Crippen LogP contribution in [0.3, 0.4) is 0 Å². The average Bonchev–Trinajstić information content (AvgIpc) is 3.22. The molecule has 0 amide bonds. The number of hydrogen-bond donors (Lipinski definition) is 9. The van der Waals surface area contributed by atoms with Gasteiger partial charge < -0.3 is 45.6 Å². The molecule has 2 heterocycles. The molecular weight excluding hydrogens is 423 g/mol. The van der Waals surface area contributed by atoms with Gasteiger partial charge in [-0.1, -0.05) is 20.8 Å². The molecule has 168 valence electrons. The molecule has 0 spiro atoms. The quantitative estimate of drug-likeness (QED) is 0.117. The fourth-order valence-electron chi connectivity index (χ4n) is 3.13. The number of phenolic OH excluding ortho intramolecular Hbond substituents is 4. The predicted molar refractivity (Wildman–Crippen MR) is 116 cm³/mol. The van der Waals surface area contributed by atoms with Gasteiger partial charge in [0.1, 0.15) is 24.9 Å².